The van der Waals surface area contributed by atoms with Crippen molar-refractivity contribution in [2.45, 2.75) is 37.7 Å². The molecule has 0 saturated carbocycles. The number of benzene rings is 1. The summed E-state index contributed by atoms with van der Waals surface area (Å²) in [6, 6.07) is 13.3. The van der Waals surface area contributed by atoms with Crippen LogP contribution in [0.2, 0.25) is 0 Å². The molecule has 0 spiro atoms. The molecule has 8 nitrogen and oxygen atoms in total. The summed E-state index contributed by atoms with van der Waals surface area (Å²) in [5.74, 6) is 0.681. The Kier molecular flexibility index (Phi) is 7.65. The summed E-state index contributed by atoms with van der Waals surface area (Å²) >= 11 is 0. The number of carbonyl (C=O) groups is 1. The predicted molar refractivity (Wildman–Crippen MR) is 127 cm³/mol. The molecule has 3 heterocycles. The minimum atomic E-state index is -5.71. The van der Waals surface area contributed by atoms with E-state index in [9.17, 15) is 26.4 Å². The lowest BCUT2D eigenvalue weighted by Crippen LogP contribution is -2.32. The lowest BCUT2D eigenvalue weighted by Gasteiger charge is -2.29. The van der Waals surface area contributed by atoms with Gasteiger partial charge in [0, 0.05) is 31.9 Å². The van der Waals surface area contributed by atoms with Gasteiger partial charge in [-0.15, -0.1) is 0 Å². The molecule has 0 saturated heterocycles. The van der Waals surface area contributed by atoms with E-state index in [1.165, 1.54) is 12.1 Å². The third-order valence-electron chi connectivity index (χ3n) is 5.76. The van der Waals surface area contributed by atoms with Crippen LogP contribution in [0.5, 0.6) is 5.75 Å². The number of amides is 1. The molecule has 2 aromatic heterocycles. The van der Waals surface area contributed by atoms with Crippen LogP contribution in [0.15, 0.2) is 60.9 Å². The van der Waals surface area contributed by atoms with Crippen LogP contribution in [-0.4, -0.2) is 47.4 Å². The Labute approximate surface area is 206 Å². The highest BCUT2D eigenvalue weighted by atomic mass is 32.2. The van der Waals surface area contributed by atoms with Gasteiger partial charge in [0.25, 0.3) is 0 Å². The first-order valence-corrected chi connectivity index (χ1v) is 12.8. The number of fused-ring (bicyclic) bond motifs is 1. The van der Waals surface area contributed by atoms with Crippen molar-refractivity contribution in [1.82, 2.24) is 14.5 Å². The molecule has 0 aliphatic carbocycles. The zero-order chi connectivity index (χ0) is 25.8. The maximum absolute atomic E-state index is 12.6. The Morgan fingerprint density at radius 2 is 1.83 bits per heavy atom. The SMILES string of the molecule is O=C(CCCCN1CCc2ccc(OS(=O)(=O)C(F)(F)F)cc2C1)Nc1cccc(-n2cccc2)n1. The normalized spacial score (nSPS) is 14.3. The van der Waals surface area contributed by atoms with Crippen molar-refractivity contribution in [3.05, 3.63) is 72.1 Å². The summed E-state index contributed by atoms with van der Waals surface area (Å²) in [5, 5.41) is 2.81. The lowest BCUT2D eigenvalue weighted by atomic mass is 9.99. The number of unbranched alkanes of at least 4 members (excludes halogenated alkanes) is 1. The van der Waals surface area contributed by atoms with Gasteiger partial charge in [0.15, 0.2) is 0 Å². The van der Waals surface area contributed by atoms with Gasteiger partial charge in [-0.25, -0.2) is 4.98 Å². The number of nitrogens with one attached hydrogen (secondary N) is 1. The summed E-state index contributed by atoms with van der Waals surface area (Å²) in [6.07, 6.45) is 6.15. The van der Waals surface area contributed by atoms with Crippen LogP contribution in [0, 0.1) is 0 Å². The van der Waals surface area contributed by atoms with Crippen LogP contribution < -0.4 is 9.50 Å². The van der Waals surface area contributed by atoms with Gasteiger partial charge in [-0.05, 0) is 73.3 Å². The number of carbonyl (C=O) groups excluding carboxylic acids is 1. The van der Waals surface area contributed by atoms with Crippen LogP contribution in [0.25, 0.3) is 5.82 Å². The van der Waals surface area contributed by atoms with E-state index in [1.54, 1.807) is 12.1 Å². The molecule has 12 heteroatoms. The summed E-state index contributed by atoms with van der Waals surface area (Å²) in [4.78, 5) is 18.9. The van der Waals surface area contributed by atoms with Gasteiger partial charge in [-0.2, -0.15) is 21.6 Å². The van der Waals surface area contributed by atoms with E-state index < -0.39 is 15.6 Å². The first kappa shape index (κ1) is 25.7. The number of pyridine rings is 1. The van der Waals surface area contributed by atoms with Crippen LogP contribution in [0.1, 0.15) is 30.4 Å². The molecule has 4 rings (SSSR count). The highest BCUT2D eigenvalue weighted by Crippen LogP contribution is 2.29. The molecule has 1 aliphatic rings. The maximum Gasteiger partial charge on any atom is 0.534 e. The van der Waals surface area contributed by atoms with Gasteiger partial charge in [-0.1, -0.05) is 12.1 Å². The Balaban J connectivity index is 1.23. The molecule has 3 aromatic rings. The van der Waals surface area contributed by atoms with Crippen molar-refractivity contribution >= 4 is 21.8 Å². The minimum absolute atomic E-state index is 0.135. The van der Waals surface area contributed by atoms with Crippen LogP contribution in [0.3, 0.4) is 0 Å². The summed E-state index contributed by atoms with van der Waals surface area (Å²) < 4.78 is 66.4. The maximum atomic E-state index is 12.6. The molecule has 0 unspecified atom stereocenters. The number of alkyl halides is 3. The number of aromatic nitrogens is 2. The Bertz CT molecular complexity index is 1310. The van der Waals surface area contributed by atoms with E-state index in [2.05, 4.69) is 19.4 Å². The third kappa shape index (κ3) is 6.43. The lowest BCUT2D eigenvalue weighted by molar-refractivity contribution is -0.116. The zero-order valence-corrected chi connectivity index (χ0v) is 20.1. The van der Waals surface area contributed by atoms with Gasteiger partial charge in [0.2, 0.25) is 5.91 Å². The van der Waals surface area contributed by atoms with E-state index in [-0.39, 0.29) is 11.7 Å². The fourth-order valence-corrected chi connectivity index (χ4v) is 4.41. The number of rotatable bonds is 9. The van der Waals surface area contributed by atoms with Crippen molar-refractivity contribution in [1.29, 1.82) is 0 Å². The standard InChI is InChI=1S/C24H25F3N4O4S/c25-24(26,27)36(33,34)35-20-10-9-18-11-15-30(17-19(18)16-20)12-2-1-8-23(32)29-21-6-5-7-22(28-21)31-13-3-4-14-31/h3-7,9-10,13-14,16H,1-2,8,11-12,15,17H2,(H,28,29,32). The number of halogens is 3. The Morgan fingerprint density at radius 3 is 2.58 bits per heavy atom. The van der Waals surface area contributed by atoms with Crippen LogP contribution >= 0.6 is 0 Å². The van der Waals surface area contributed by atoms with E-state index in [1.807, 2.05) is 41.2 Å². The van der Waals surface area contributed by atoms with Crippen molar-refractivity contribution in [3.8, 4) is 11.6 Å². The molecule has 1 aliphatic heterocycles. The van der Waals surface area contributed by atoms with Crippen LogP contribution in [0.4, 0.5) is 19.0 Å². The number of nitrogens with zero attached hydrogens (tertiary/aromatic N) is 3. The van der Waals surface area contributed by atoms with E-state index in [4.69, 9.17) is 0 Å². The van der Waals surface area contributed by atoms with E-state index in [0.717, 1.165) is 24.1 Å². The molecular formula is C24H25F3N4O4S. The molecule has 0 fully saturated rings. The van der Waals surface area contributed by atoms with E-state index >= 15 is 0 Å². The number of anilines is 1. The van der Waals surface area contributed by atoms with Gasteiger partial charge in [0.1, 0.15) is 17.4 Å². The third-order valence-corrected chi connectivity index (χ3v) is 6.74. The number of hydrogen-bond acceptors (Lipinski definition) is 6. The average molecular weight is 523 g/mol. The van der Waals surface area contributed by atoms with Crippen LogP contribution in [-0.2, 0) is 27.9 Å². The quantitative estimate of drug-likeness (QED) is 0.256. The predicted octanol–water partition coefficient (Wildman–Crippen LogP) is 4.27. The molecular weight excluding hydrogens is 497 g/mol. The van der Waals surface area contributed by atoms with E-state index in [0.29, 0.717) is 44.0 Å². The smallest absolute Gasteiger partial charge is 0.376 e. The first-order valence-electron chi connectivity index (χ1n) is 11.4. The molecule has 0 atom stereocenters. The average Bonchev–Trinajstić information content (AvgIpc) is 3.36. The molecule has 1 N–H and O–H groups in total. The number of hydrogen-bond donors (Lipinski definition) is 1. The first-order chi connectivity index (χ1) is 17.1. The molecule has 192 valence electrons. The second-order valence-corrected chi connectivity index (χ2v) is 9.95. The van der Waals surface area contributed by atoms with Crippen molar-refractivity contribution in [3.63, 3.8) is 0 Å². The van der Waals surface area contributed by atoms with Gasteiger partial charge in [0.05, 0.1) is 0 Å². The van der Waals surface area contributed by atoms with Gasteiger partial charge < -0.3 is 14.1 Å². The molecule has 0 radical (unpaired) electrons. The van der Waals surface area contributed by atoms with Crippen molar-refractivity contribution in [2.75, 3.05) is 18.4 Å². The fraction of sp³-hybridized carbons (Fsp3) is 0.333. The fourth-order valence-electron chi connectivity index (χ4n) is 3.96. The van der Waals surface area contributed by atoms with Gasteiger partial charge in [-0.3, -0.25) is 9.69 Å². The summed E-state index contributed by atoms with van der Waals surface area (Å²) in [5.41, 5.74) is -3.82. The summed E-state index contributed by atoms with van der Waals surface area (Å²) in [6.45, 7) is 1.91. The van der Waals surface area contributed by atoms with Crippen molar-refractivity contribution in [2.24, 2.45) is 0 Å². The largest absolute Gasteiger partial charge is 0.534 e. The molecule has 1 aromatic carbocycles. The Morgan fingerprint density at radius 1 is 1.06 bits per heavy atom. The Hall–Kier alpha value is -3.38. The monoisotopic (exact) mass is 522 g/mol. The topological polar surface area (TPSA) is 93.5 Å². The minimum Gasteiger partial charge on any atom is -0.376 e. The molecule has 36 heavy (non-hydrogen) atoms. The molecule has 0 bridgehead atoms. The summed E-state index contributed by atoms with van der Waals surface area (Å²) in [7, 11) is -5.71. The second kappa shape index (κ2) is 10.7. The second-order valence-electron chi connectivity index (χ2n) is 8.42. The highest BCUT2D eigenvalue weighted by Gasteiger charge is 2.48. The van der Waals surface area contributed by atoms with Crippen molar-refractivity contribution < 1.29 is 30.6 Å². The molecule has 1 amide bonds. The highest BCUT2D eigenvalue weighted by molar-refractivity contribution is 7.88. The van der Waals surface area contributed by atoms with Gasteiger partial charge >= 0.3 is 15.6 Å². The zero-order valence-electron chi connectivity index (χ0n) is 19.2.